The molecule has 3 rings (SSSR count). The first-order valence-electron chi connectivity index (χ1n) is 9.20. The minimum absolute atomic E-state index is 0.0446. The second kappa shape index (κ2) is 8.56. The molecule has 0 spiro atoms. The first-order chi connectivity index (χ1) is 13.5. The standard InChI is InChI=1S/C21H24N4O3/c1-24(2)20(27)16-10-7-15(8-11-16)9-12-19(26)22-13-14-25-18-6-4-3-5-17(18)23-21(25)28/h3-8,10-11H,9,12-14H2,1-2H3,(H,22,26)(H,23,28). The van der Waals surface area contributed by atoms with E-state index in [1.165, 1.54) is 4.90 Å². The van der Waals surface area contributed by atoms with Gasteiger partial charge in [-0.05, 0) is 36.2 Å². The number of carbonyl (C=O) groups excluding carboxylic acids is 2. The van der Waals surface area contributed by atoms with Crippen LogP contribution in [-0.2, 0) is 17.8 Å². The number of hydrogen-bond donors (Lipinski definition) is 2. The maximum atomic E-state index is 12.1. The first kappa shape index (κ1) is 19.4. The Kier molecular flexibility index (Phi) is 5.93. The number of fused-ring (bicyclic) bond motifs is 1. The summed E-state index contributed by atoms with van der Waals surface area (Å²) in [4.78, 5) is 40.3. The Morgan fingerprint density at radius 2 is 1.79 bits per heavy atom. The Balaban J connectivity index is 1.48. The van der Waals surface area contributed by atoms with Gasteiger partial charge in [0.15, 0.2) is 0 Å². The van der Waals surface area contributed by atoms with Crippen LogP contribution in [-0.4, -0.2) is 46.9 Å². The molecule has 7 heteroatoms. The number of H-pyrrole nitrogens is 1. The molecule has 3 aromatic rings. The third kappa shape index (κ3) is 4.49. The van der Waals surface area contributed by atoms with E-state index in [1.807, 2.05) is 36.4 Å². The number of amides is 2. The molecule has 0 aliphatic heterocycles. The Labute approximate surface area is 163 Å². The van der Waals surface area contributed by atoms with E-state index in [0.717, 1.165) is 16.6 Å². The van der Waals surface area contributed by atoms with E-state index in [9.17, 15) is 14.4 Å². The fourth-order valence-electron chi connectivity index (χ4n) is 3.05. The van der Waals surface area contributed by atoms with E-state index in [-0.39, 0.29) is 17.5 Å². The average Bonchev–Trinajstić information content (AvgIpc) is 3.01. The number of rotatable bonds is 7. The van der Waals surface area contributed by atoms with Crippen LogP contribution in [0.1, 0.15) is 22.3 Å². The highest BCUT2D eigenvalue weighted by atomic mass is 16.2. The van der Waals surface area contributed by atoms with E-state index in [0.29, 0.717) is 31.5 Å². The molecule has 1 aromatic heterocycles. The molecular weight excluding hydrogens is 356 g/mol. The van der Waals surface area contributed by atoms with E-state index < -0.39 is 0 Å². The smallest absolute Gasteiger partial charge is 0.326 e. The van der Waals surface area contributed by atoms with Gasteiger partial charge in [-0.2, -0.15) is 0 Å². The number of imidazole rings is 1. The van der Waals surface area contributed by atoms with Crippen LogP contribution in [0.15, 0.2) is 53.3 Å². The van der Waals surface area contributed by atoms with Gasteiger partial charge in [0.1, 0.15) is 0 Å². The summed E-state index contributed by atoms with van der Waals surface area (Å²) in [6, 6.07) is 14.8. The zero-order valence-corrected chi connectivity index (χ0v) is 16.1. The van der Waals surface area contributed by atoms with Gasteiger partial charge in [-0.3, -0.25) is 14.2 Å². The van der Waals surface area contributed by atoms with Gasteiger partial charge >= 0.3 is 5.69 Å². The second-order valence-corrected chi connectivity index (χ2v) is 6.85. The van der Waals surface area contributed by atoms with Gasteiger partial charge in [0, 0.05) is 39.2 Å². The Bertz CT molecular complexity index is 1030. The van der Waals surface area contributed by atoms with Crippen molar-refractivity contribution in [3.63, 3.8) is 0 Å². The third-order valence-corrected chi connectivity index (χ3v) is 4.59. The van der Waals surface area contributed by atoms with Crippen molar-refractivity contribution in [1.82, 2.24) is 19.8 Å². The van der Waals surface area contributed by atoms with Gasteiger partial charge in [0.25, 0.3) is 5.91 Å². The maximum Gasteiger partial charge on any atom is 0.326 e. The predicted octanol–water partition coefficient (Wildman–Crippen LogP) is 1.78. The third-order valence-electron chi connectivity index (χ3n) is 4.59. The van der Waals surface area contributed by atoms with Gasteiger partial charge in [0.2, 0.25) is 5.91 Å². The van der Waals surface area contributed by atoms with E-state index >= 15 is 0 Å². The van der Waals surface area contributed by atoms with Gasteiger partial charge in [-0.1, -0.05) is 24.3 Å². The van der Waals surface area contributed by atoms with Gasteiger partial charge < -0.3 is 15.2 Å². The van der Waals surface area contributed by atoms with Crippen LogP contribution in [0.5, 0.6) is 0 Å². The Hall–Kier alpha value is -3.35. The second-order valence-electron chi connectivity index (χ2n) is 6.85. The molecule has 0 aliphatic carbocycles. The van der Waals surface area contributed by atoms with Gasteiger partial charge in [-0.15, -0.1) is 0 Å². The van der Waals surface area contributed by atoms with Crippen molar-refractivity contribution in [3.8, 4) is 0 Å². The molecule has 146 valence electrons. The number of nitrogens with zero attached hydrogens (tertiary/aromatic N) is 2. The fourth-order valence-corrected chi connectivity index (χ4v) is 3.05. The molecule has 0 aliphatic rings. The molecule has 28 heavy (non-hydrogen) atoms. The number of para-hydroxylation sites is 2. The van der Waals surface area contributed by atoms with Crippen molar-refractivity contribution in [2.24, 2.45) is 0 Å². The van der Waals surface area contributed by atoms with Crippen molar-refractivity contribution in [2.45, 2.75) is 19.4 Å². The summed E-state index contributed by atoms with van der Waals surface area (Å²) in [5, 5.41) is 2.85. The number of hydrogen-bond acceptors (Lipinski definition) is 3. The molecule has 0 saturated heterocycles. The van der Waals surface area contributed by atoms with Crippen LogP contribution in [0.2, 0.25) is 0 Å². The van der Waals surface area contributed by atoms with Crippen LogP contribution in [0.25, 0.3) is 11.0 Å². The number of nitrogens with one attached hydrogen (secondary N) is 2. The molecule has 0 fully saturated rings. The minimum Gasteiger partial charge on any atom is -0.354 e. The number of carbonyl (C=O) groups is 2. The molecular formula is C21H24N4O3. The SMILES string of the molecule is CN(C)C(=O)c1ccc(CCC(=O)NCCn2c(=O)[nH]c3ccccc32)cc1. The molecule has 0 radical (unpaired) electrons. The van der Waals surface area contributed by atoms with Crippen molar-refractivity contribution in [2.75, 3.05) is 20.6 Å². The topological polar surface area (TPSA) is 87.2 Å². The lowest BCUT2D eigenvalue weighted by Gasteiger charge is -2.10. The normalized spacial score (nSPS) is 10.8. The van der Waals surface area contributed by atoms with Crippen LogP contribution >= 0.6 is 0 Å². The van der Waals surface area contributed by atoms with Crippen LogP contribution in [0.3, 0.4) is 0 Å². The summed E-state index contributed by atoms with van der Waals surface area (Å²) in [7, 11) is 3.43. The van der Waals surface area contributed by atoms with Crippen LogP contribution in [0, 0.1) is 0 Å². The summed E-state index contributed by atoms with van der Waals surface area (Å²) < 4.78 is 1.62. The lowest BCUT2D eigenvalue weighted by atomic mass is 10.1. The lowest BCUT2D eigenvalue weighted by Crippen LogP contribution is -2.30. The molecule has 0 bridgehead atoms. The monoisotopic (exact) mass is 380 g/mol. The van der Waals surface area contributed by atoms with Crippen LogP contribution < -0.4 is 11.0 Å². The van der Waals surface area contributed by atoms with Gasteiger partial charge in [0.05, 0.1) is 11.0 Å². The number of aryl methyl sites for hydroxylation is 1. The van der Waals surface area contributed by atoms with Crippen LogP contribution in [0.4, 0.5) is 0 Å². The molecule has 0 saturated carbocycles. The predicted molar refractivity (Wildman–Crippen MR) is 108 cm³/mol. The average molecular weight is 380 g/mol. The number of aromatic nitrogens is 2. The fraction of sp³-hybridized carbons (Fsp3) is 0.286. The summed E-state index contributed by atoms with van der Waals surface area (Å²) >= 11 is 0. The summed E-state index contributed by atoms with van der Waals surface area (Å²) in [5.74, 6) is -0.113. The summed E-state index contributed by atoms with van der Waals surface area (Å²) in [5.41, 5.74) is 3.06. The van der Waals surface area contributed by atoms with Crippen molar-refractivity contribution in [3.05, 3.63) is 70.1 Å². The highest BCUT2D eigenvalue weighted by molar-refractivity contribution is 5.93. The molecule has 0 atom stereocenters. The van der Waals surface area contributed by atoms with E-state index in [4.69, 9.17) is 0 Å². The summed E-state index contributed by atoms with van der Waals surface area (Å²) in [6.45, 7) is 0.798. The highest BCUT2D eigenvalue weighted by Crippen LogP contribution is 2.09. The first-order valence-corrected chi connectivity index (χ1v) is 9.20. The quantitative estimate of drug-likeness (QED) is 0.655. The van der Waals surface area contributed by atoms with Crippen molar-refractivity contribution in [1.29, 1.82) is 0 Å². The van der Waals surface area contributed by atoms with E-state index in [1.54, 1.807) is 30.8 Å². The Morgan fingerprint density at radius 3 is 2.50 bits per heavy atom. The highest BCUT2D eigenvalue weighted by Gasteiger charge is 2.09. The molecule has 2 amide bonds. The summed E-state index contributed by atoms with van der Waals surface area (Å²) in [6.07, 6.45) is 0.944. The molecule has 1 heterocycles. The number of aromatic amines is 1. The Morgan fingerprint density at radius 1 is 1.07 bits per heavy atom. The number of benzene rings is 2. The molecule has 0 unspecified atom stereocenters. The van der Waals surface area contributed by atoms with E-state index in [2.05, 4.69) is 10.3 Å². The minimum atomic E-state index is -0.178. The molecule has 2 aromatic carbocycles. The molecule has 7 nitrogen and oxygen atoms in total. The zero-order chi connectivity index (χ0) is 20.1. The van der Waals surface area contributed by atoms with Gasteiger partial charge in [-0.25, -0.2) is 4.79 Å². The molecule has 2 N–H and O–H groups in total. The lowest BCUT2D eigenvalue weighted by molar-refractivity contribution is -0.121. The largest absolute Gasteiger partial charge is 0.354 e. The van der Waals surface area contributed by atoms with Crippen molar-refractivity contribution < 1.29 is 9.59 Å². The zero-order valence-electron chi connectivity index (χ0n) is 16.1. The maximum absolute atomic E-state index is 12.1. The van der Waals surface area contributed by atoms with Crippen molar-refractivity contribution >= 4 is 22.8 Å².